The summed E-state index contributed by atoms with van der Waals surface area (Å²) < 4.78 is 6.10. The van der Waals surface area contributed by atoms with E-state index in [0.29, 0.717) is 23.3 Å². The lowest BCUT2D eigenvalue weighted by atomic mass is 9.75. The summed E-state index contributed by atoms with van der Waals surface area (Å²) in [5.41, 5.74) is 4.59. The maximum absolute atomic E-state index is 13.4. The predicted octanol–water partition coefficient (Wildman–Crippen LogP) is 5.06. The van der Waals surface area contributed by atoms with Gasteiger partial charge in [-0.3, -0.25) is 9.59 Å². The zero-order valence-electron chi connectivity index (χ0n) is 16.9. The smallest absolute Gasteiger partial charge is 0.254 e. The standard InChI is InChI=1S/C24H23BrN2O3/c1-14-21(24(29)27-17-9-11-18(30-2)12-10-17)22(15-5-3-6-16(25)13-15)23-19(26-14)7-4-8-20(23)28/h3,5-6,9-13,22,26H,4,7-8H2,1-2H3,(H,27,29). The quantitative estimate of drug-likeness (QED) is 0.660. The lowest BCUT2D eigenvalue weighted by molar-refractivity contribution is -0.116. The first-order valence-corrected chi connectivity index (χ1v) is 10.7. The first-order chi connectivity index (χ1) is 14.5. The molecule has 0 saturated heterocycles. The number of nitrogens with one attached hydrogen (secondary N) is 2. The van der Waals surface area contributed by atoms with E-state index >= 15 is 0 Å². The van der Waals surface area contributed by atoms with Gasteiger partial charge in [0.25, 0.3) is 5.91 Å². The number of allylic oxidation sites excluding steroid dienone is 3. The number of Topliss-reactive ketones (excluding diaryl/α,β-unsaturated/α-hetero) is 1. The summed E-state index contributed by atoms with van der Waals surface area (Å²) in [7, 11) is 1.60. The summed E-state index contributed by atoms with van der Waals surface area (Å²) in [6, 6.07) is 15.0. The minimum atomic E-state index is -0.398. The van der Waals surface area contributed by atoms with Gasteiger partial charge in [-0.05, 0) is 61.7 Å². The second-order valence-corrected chi connectivity index (χ2v) is 8.42. The molecule has 4 rings (SSSR count). The van der Waals surface area contributed by atoms with Crippen LogP contribution in [0.15, 0.2) is 75.5 Å². The Kier molecular flexibility index (Phi) is 5.77. The molecule has 1 heterocycles. The number of anilines is 1. The van der Waals surface area contributed by atoms with Crippen LogP contribution in [0.5, 0.6) is 5.75 Å². The Hall–Kier alpha value is -2.86. The van der Waals surface area contributed by atoms with Crippen LogP contribution in [-0.4, -0.2) is 18.8 Å². The normalized spacial score (nSPS) is 18.6. The van der Waals surface area contributed by atoms with Crippen LogP contribution in [0.3, 0.4) is 0 Å². The van der Waals surface area contributed by atoms with Gasteiger partial charge in [-0.25, -0.2) is 0 Å². The van der Waals surface area contributed by atoms with Crippen molar-refractivity contribution >= 4 is 33.3 Å². The third-order valence-corrected chi connectivity index (χ3v) is 6.04. The first-order valence-electron chi connectivity index (χ1n) is 9.93. The van der Waals surface area contributed by atoms with Crippen LogP contribution < -0.4 is 15.4 Å². The molecule has 0 bridgehead atoms. The van der Waals surface area contributed by atoms with Gasteiger partial charge in [0.05, 0.1) is 7.11 Å². The fourth-order valence-electron chi connectivity index (χ4n) is 4.18. The first kappa shape index (κ1) is 20.4. The number of dihydropyridines is 1. The molecule has 0 saturated carbocycles. The summed E-state index contributed by atoms with van der Waals surface area (Å²) >= 11 is 3.53. The molecule has 2 N–H and O–H groups in total. The second-order valence-electron chi connectivity index (χ2n) is 7.50. The van der Waals surface area contributed by atoms with Crippen molar-refractivity contribution in [1.82, 2.24) is 5.32 Å². The molecule has 1 unspecified atom stereocenters. The number of halogens is 1. The molecule has 1 aliphatic heterocycles. The number of methoxy groups -OCH3 is 1. The van der Waals surface area contributed by atoms with Crippen LogP contribution in [0, 0.1) is 0 Å². The highest BCUT2D eigenvalue weighted by Gasteiger charge is 2.38. The van der Waals surface area contributed by atoms with Gasteiger partial charge >= 0.3 is 0 Å². The van der Waals surface area contributed by atoms with Crippen molar-refractivity contribution < 1.29 is 14.3 Å². The summed E-state index contributed by atoms with van der Waals surface area (Å²) in [5.74, 6) is 0.207. The number of hydrogen-bond donors (Lipinski definition) is 2. The molecule has 0 fully saturated rings. The molecule has 5 nitrogen and oxygen atoms in total. The Bertz CT molecular complexity index is 1070. The van der Waals surface area contributed by atoms with E-state index in [1.165, 1.54) is 0 Å². The minimum absolute atomic E-state index is 0.107. The van der Waals surface area contributed by atoms with Crippen LogP contribution in [-0.2, 0) is 9.59 Å². The maximum Gasteiger partial charge on any atom is 0.254 e. The van der Waals surface area contributed by atoms with Gasteiger partial charge in [0, 0.05) is 45.0 Å². The predicted molar refractivity (Wildman–Crippen MR) is 120 cm³/mol. The molecule has 0 radical (unpaired) electrons. The van der Waals surface area contributed by atoms with Crippen LogP contribution in [0.25, 0.3) is 0 Å². The Morgan fingerprint density at radius 3 is 2.63 bits per heavy atom. The van der Waals surface area contributed by atoms with Crippen LogP contribution in [0.2, 0.25) is 0 Å². The Morgan fingerprint density at radius 2 is 1.93 bits per heavy atom. The van der Waals surface area contributed by atoms with Crippen molar-refractivity contribution in [3.8, 4) is 5.75 Å². The van der Waals surface area contributed by atoms with Crippen molar-refractivity contribution in [2.24, 2.45) is 0 Å². The molecule has 6 heteroatoms. The molecule has 2 aromatic rings. The molecule has 154 valence electrons. The molecule has 1 atom stereocenters. The summed E-state index contributed by atoms with van der Waals surface area (Å²) in [5, 5.41) is 6.32. The molecular formula is C24H23BrN2O3. The number of hydrogen-bond acceptors (Lipinski definition) is 4. The van der Waals surface area contributed by atoms with Gasteiger partial charge in [0.1, 0.15) is 5.75 Å². The summed E-state index contributed by atoms with van der Waals surface area (Å²) in [4.78, 5) is 26.3. The van der Waals surface area contributed by atoms with E-state index in [1.807, 2.05) is 31.2 Å². The fourth-order valence-corrected chi connectivity index (χ4v) is 4.59. The van der Waals surface area contributed by atoms with E-state index in [1.54, 1.807) is 31.4 Å². The van der Waals surface area contributed by atoms with Crippen molar-refractivity contribution in [3.05, 3.63) is 81.1 Å². The molecule has 1 aliphatic carbocycles. The molecule has 0 spiro atoms. The van der Waals surface area contributed by atoms with Gasteiger partial charge in [-0.15, -0.1) is 0 Å². The van der Waals surface area contributed by atoms with E-state index in [0.717, 1.165) is 40.0 Å². The maximum atomic E-state index is 13.4. The van der Waals surface area contributed by atoms with Crippen molar-refractivity contribution in [3.63, 3.8) is 0 Å². The van der Waals surface area contributed by atoms with E-state index in [4.69, 9.17) is 4.74 Å². The Morgan fingerprint density at radius 1 is 1.17 bits per heavy atom. The lowest BCUT2D eigenvalue weighted by Crippen LogP contribution is -2.35. The minimum Gasteiger partial charge on any atom is -0.497 e. The number of ether oxygens (including phenoxy) is 1. The van der Waals surface area contributed by atoms with Crippen molar-refractivity contribution in [1.29, 1.82) is 0 Å². The average Bonchev–Trinajstić information content (AvgIpc) is 2.73. The molecule has 2 aromatic carbocycles. The molecule has 2 aliphatic rings. The average molecular weight is 467 g/mol. The monoisotopic (exact) mass is 466 g/mol. The van der Waals surface area contributed by atoms with Gasteiger partial charge in [0.2, 0.25) is 0 Å². The van der Waals surface area contributed by atoms with Gasteiger partial charge in [0.15, 0.2) is 5.78 Å². The van der Waals surface area contributed by atoms with E-state index in [-0.39, 0.29) is 11.7 Å². The third kappa shape index (κ3) is 3.92. The van der Waals surface area contributed by atoms with E-state index < -0.39 is 5.92 Å². The highest BCUT2D eigenvalue weighted by molar-refractivity contribution is 9.10. The van der Waals surface area contributed by atoms with Crippen molar-refractivity contribution in [2.45, 2.75) is 32.1 Å². The fraction of sp³-hybridized carbons (Fsp3) is 0.250. The SMILES string of the molecule is COc1ccc(NC(=O)C2=C(C)NC3=C(C(=O)CCC3)C2c2cccc(Br)c2)cc1. The topological polar surface area (TPSA) is 67.4 Å². The van der Waals surface area contributed by atoms with Gasteiger partial charge < -0.3 is 15.4 Å². The Balaban J connectivity index is 1.75. The van der Waals surface area contributed by atoms with Crippen LogP contribution >= 0.6 is 15.9 Å². The number of benzene rings is 2. The largest absolute Gasteiger partial charge is 0.497 e. The zero-order chi connectivity index (χ0) is 21.3. The molecule has 0 aromatic heterocycles. The highest BCUT2D eigenvalue weighted by Crippen LogP contribution is 2.42. The van der Waals surface area contributed by atoms with Crippen molar-refractivity contribution in [2.75, 3.05) is 12.4 Å². The van der Waals surface area contributed by atoms with Crippen LogP contribution in [0.4, 0.5) is 5.69 Å². The zero-order valence-corrected chi connectivity index (χ0v) is 18.5. The van der Waals surface area contributed by atoms with Gasteiger partial charge in [-0.2, -0.15) is 0 Å². The van der Waals surface area contributed by atoms with E-state index in [9.17, 15) is 9.59 Å². The number of carbonyl (C=O) groups is 2. The summed E-state index contributed by atoms with van der Waals surface area (Å²) in [6.45, 7) is 1.90. The van der Waals surface area contributed by atoms with E-state index in [2.05, 4.69) is 26.6 Å². The lowest BCUT2D eigenvalue weighted by Gasteiger charge is -2.34. The third-order valence-electron chi connectivity index (χ3n) is 5.55. The molecular weight excluding hydrogens is 444 g/mol. The number of ketones is 1. The second kappa shape index (κ2) is 8.48. The molecule has 30 heavy (non-hydrogen) atoms. The highest BCUT2D eigenvalue weighted by atomic mass is 79.9. The Labute approximate surface area is 184 Å². The number of rotatable bonds is 4. The summed E-state index contributed by atoms with van der Waals surface area (Å²) in [6.07, 6.45) is 2.16. The number of amides is 1. The van der Waals surface area contributed by atoms with Crippen LogP contribution in [0.1, 0.15) is 37.7 Å². The number of carbonyl (C=O) groups excluding carboxylic acids is 2. The van der Waals surface area contributed by atoms with Gasteiger partial charge in [-0.1, -0.05) is 28.1 Å². The molecule has 1 amide bonds.